The molecule has 3 nitrogen and oxygen atoms in total. The molecule has 2 aromatic rings. The lowest BCUT2D eigenvalue weighted by Crippen LogP contribution is -2.27. The van der Waals surface area contributed by atoms with Crippen molar-refractivity contribution >= 4 is 16.8 Å². The van der Waals surface area contributed by atoms with Crippen molar-refractivity contribution in [2.45, 2.75) is 31.7 Å². The zero-order valence-electron chi connectivity index (χ0n) is 10.4. The number of rotatable bonds is 2. The first-order chi connectivity index (χ1) is 8.78. The van der Waals surface area contributed by atoms with E-state index in [1.54, 1.807) is 6.20 Å². The second kappa shape index (κ2) is 4.41. The first-order valence-corrected chi connectivity index (χ1v) is 6.42. The Morgan fingerprint density at radius 3 is 3.11 bits per heavy atom. The maximum absolute atomic E-state index is 11.5. The predicted molar refractivity (Wildman–Crippen MR) is 71.3 cm³/mol. The number of carbonyl (C=O) groups is 1. The molecule has 1 aromatic heterocycles. The van der Waals surface area contributed by atoms with E-state index in [-0.39, 0.29) is 11.9 Å². The molecule has 3 heteroatoms. The van der Waals surface area contributed by atoms with E-state index < -0.39 is 0 Å². The van der Waals surface area contributed by atoms with Gasteiger partial charge in [0.25, 0.3) is 0 Å². The number of benzene rings is 1. The second-order valence-corrected chi connectivity index (χ2v) is 4.85. The van der Waals surface area contributed by atoms with Crippen molar-refractivity contribution in [3.8, 4) is 0 Å². The van der Waals surface area contributed by atoms with E-state index in [1.807, 2.05) is 12.1 Å². The van der Waals surface area contributed by atoms with Crippen LogP contribution in [0.2, 0.25) is 0 Å². The highest BCUT2D eigenvalue weighted by Crippen LogP contribution is 2.31. The summed E-state index contributed by atoms with van der Waals surface area (Å²) in [6.07, 6.45) is 3.38. The van der Waals surface area contributed by atoms with Gasteiger partial charge in [0.05, 0.1) is 5.52 Å². The largest absolute Gasteiger partial charge is 0.353 e. The quantitative estimate of drug-likeness (QED) is 0.876. The molecule has 1 fully saturated rings. The molecule has 2 heterocycles. The number of carbonyl (C=O) groups excluding carboxylic acids is 1. The van der Waals surface area contributed by atoms with Gasteiger partial charge in [-0.3, -0.25) is 9.78 Å². The third kappa shape index (κ3) is 1.86. The Labute approximate surface area is 106 Å². The monoisotopic (exact) mass is 240 g/mol. The number of hydrogen-bond donors (Lipinski definition) is 1. The minimum atomic E-state index is 0.165. The molecule has 1 aromatic carbocycles. The van der Waals surface area contributed by atoms with E-state index in [0.29, 0.717) is 12.3 Å². The van der Waals surface area contributed by atoms with E-state index in [0.717, 1.165) is 17.3 Å². The number of pyridine rings is 1. The third-order valence-corrected chi connectivity index (χ3v) is 3.73. The minimum Gasteiger partial charge on any atom is -0.353 e. The summed E-state index contributed by atoms with van der Waals surface area (Å²) in [7, 11) is 0. The summed E-state index contributed by atoms with van der Waals surface area (Å²) in [6, 6.07) is 10.6. The fourth-order valence-corrected chi connectivity index (χ4v) is 2.77. The zero-order valence-corrected chi connectivity index (χ0v) is 10.4. The number of nitrogens with zero attached hydrogens (tertiary/aromatic N) is 1. The van der Waals surface area contributed by atoms with Crippen LogP contribution < -0.4 is 5.32 Å². The molecule has 0 spiro atoms. The van der Waals surface area contributed by atoms with E-state index in [2.05, 4.69) is 35.4 Å². The summed E-state index contributed by atoms with van der Waals surface area (Å²) in [5.41, 5.74) is 2.24. The summed E-state index contributed by atoms with van der Waals surface area (Å²) in [5.74, 6) is 0.463. The normalized spacial score (nSPS) is 23.3. The summed E-state index contributed by atoms with van der Waals surface area (Å²) in [6.45, 7) is 2.12. The van der Waals surface area contributed by atoms with Gasteiger partial charge < -0.3 is 5.32 Å². The molecule has 1 aliphatic rings. The van der Waals surface area contributed by atoms with Gasteiger partial charge in [-0.25, -0.2) is 0 Å². The van der Waals surface area contributed by atoms with Crippen LogP contribution >= 0.6 is 0 Å². The van der Waals surface area contributed by atoms with Gasteiger partial charge in [-0.15, -0.1) is 0 Å². The minimum absolute atomic E-state index is 0.165. The van der Waals surface area contributed by atoms with Crippen molar-refractivity contribution in [2.24, 2.45) is 0 Å². The maximum atomic E-state index is 11.5. The van der Waals surface area contributed by atoms with E-state index in [4.69, 9.17) is 0 Å². The molecule has 0 bridgehead atoms. The lowest BCUT2D eigenvalue weighted by Gasteiger charge is -2.17. The summed E-state index contributed by atoms with van der Waals surface area (Å²) in [5, 5.41) is 4.19. The Morgan fingerprint density at radius 2 is 2.28 bits per heavy atom. The van der Waals surface area contributed by atoms with Gasteiger partial charge in [-0.1, -0.05) is 19.1 Å². The SMILES string of the molecule is CCC1NC(=O)CC1c1ccc2ncccc2c1. The summed E-state index contributed by atoms with van der Waals surface area (Å²) in [4.78, 5) is 15.9. The second-order valence-electron chi connectivity index (χ2n) is 4.85. The van der Waals surface area contributed by atoms with Crippen molar-refractivity contribution in [2.75, 3.05) is 0 Å². The standard InChI is InChI=1S/C15H16N2O/c1-2-13-12(9-15(18)17-13)10-5-6-14-11(8-10)4-3-7-16-14/h3-8,12-13H,2,9H2,1H3,(H,17,18). The van der Waals surface area contributed by atoms with Crippen molar-refractivity contribution in [3.63, 3.8) is 0 Å². The van der Waals surface area contributed by atoms with Crippen LogP contribution in [-0.2, 0) is 4.79 Å². The lowest BCUT2D eigenvalue weighted by molar-refractivity contribution is -0.119. The Kier molecular flexibility index (Phi) is 2.74. The Bertz CT molecular complexity index is 594. The van der Waals surface area contributed by atoms with Gasteiger partial charge in [-0.05, 0) is 30.2 Å². The van der Waals surface area contributed by atoms with Crippen molar-refractivity contribution < 1.29 is 4.79 Å². The number of aromatic nitrogens is 1. The zero-order chi connectivity index (χ0) is 12.5. The summed E-state index contributed by atoms with van der Waals surface area (Å²) >= 11 is 0. The van der Waals surface area contributed by atoms with Crippen LogP contribution in [0.4, 0.5) is 0 Å². The van der Waals surface area contributed by atoms with Crippen LogP contribution in [0.15, 0.2) is 36.5 Å². The number of fused-ring (bicyclic) bond motifs is 1. The number of hydrogen-bond acceptors (Lipinski definition) is 2. The topological polar surface area (TPSA) is 42.0 Å². The Hall–Kier alpha value is -1.90. The fourth-order valence-electron chi connectivity index (χ4n) is 2.77. The average molecular weight is 240 g/mol. The van der Waals surface area contributed by atoms with Gasteiger partial charge >= 0.3 is 0 Å². The van der Waals surface area contributed by atoms with E-state index >= 15 is 0 Å². The molecule has 1 aliphatic heterocycles. The van der Waals surface area contributed by atoms with Crippen molar-refractivity contribution in [1.82, 2.24) is 10.3 Å². The molecule has 1 N–H and O–H groups in total. The van der Waals surface area contributed by atoms with E-state index in [1.165, 1.54) is 5.56 Å². The van der Waals surface area contributed by atoms with Gasteiger partial charge in [0.15, 0.2) is 0 Å². The van der Waals surface area contributed by atoms with Crippen molar-refractivity contribution in [3.05, 3.63) is 42.1 Å². The van der Waals surface area contributed by atoms with Crippen LogP contribution in [-0.4, -0.2) is 16.9 Å². The molecule has 2 atom stereocenters. The molecule has 1 amide bonds. The van der Waals surface area contributed by atoms with Gasteiger partial charge in [0.2, 0.25) is 5.91 Å². The lowest BCUT2D eigenvalue weighted by atomic mass is 9.90. The molecular weight excluding hydrogens is 224 g/mol. The third-order valence-electron chi connectivity index (χ3n) is 3.73. The molecule has 92 valence electrons. The van der Waals surface area contributed by atoms with Crippen LogP contribution in [0, 0.1) is 0 Å². The summed E-state index contributed by atoms with van der Waals surface area (Å²) < 4.78 is 0. The van der Waals surface area contributed by atoms with Crippen LogP contribution in [0.25, 0.3) is 10.9 Å². The van der Waals surface area contributed by atoms with Gasteiger partial charge in [0, 0.05) is 30.0 Å². The van der Waals surface area contributed by atoms with Gasteiger partial charge in [0.1, 0.15) is 0 Å². The van der Waals surface area contributed by atoms with Crippen molar-refractivity contribution in [1.29, 1.82) is 0 Å². The van der Waals surface area contributed by atoms with E-state index in [9.17, 15) is 4.79 Å². The molecule has 2 unspecified atom stereocenters. The van der Waals surface area contributed by atoms with Crippen LogP contribution in [0.3, 0.4) is 0 Å². The predicted octanol–water partition coefficient (Wildman–Crippen LogP) is 2.62. The first kappa shape index (κ1) is 11.2. The Balaban J connectivity index is 2.01. The number of nitrogens with one attached hydrogen (secondary N) is 1. The molecule has 0 radical (unpaired) electrons. The van der Waals surface area contributed by atoms with Crippen LogP contribution in [0.5, 0.6) is 0 Å². The van der Waals surface area contributed by atoms with Crippen LogP contribution in [0.1, 0.15) is 31.2 Å². The number of amides is 1. The highest BCUT2D eigenvalue weighted by molar-refractivity contribution is 5.82. The molecule has 1 saturated heterocycles. The Morgan fingerprint density at radius 1 is 1.39 bits per heavy atom. The molecule has 18 heavy (non-hydrogen) atoms. The first-order valence-electron chi connectivity index (χ1n) is 6.42. The van der Waals surface area contributed by atoms with Gasteiger partial charge in [-0.2, -0.15) is 0 Å². The highest BCUT2D eigenvalue weighted by atomic mass is 16.2. The smallest absolute Gasteiger partial charge is 0.220 e. The fraction of sp³-hybridized carbons (Fsp3) is 0.333. The maximum Gasteiger partial charge on any atom is 0.220 e. The average Bonchev–Trinajstić information content (AvgIpc) is 2.79. The molecule has 3 rings (SSSR count). The molecule has 0 aliphatic carbocycles. The molecule has 0 saturated carbocycles. The molecular formula is C15H16N2O. The highest BCUT2D eigenvalue weighted by Gasteiger charge is 2.32.